The average Bonchev–Trinajstić information content (AvgIpc) is 2.64. The lowest BCUT2D eigenvalue weighted by molar-refractivity contribution is -0.150. The maximum Gasteiger partial charge on any atom is 0.317 e. The summed E-state index contributed by atoms with van der Waals surface area (Å²) in [5, 5.41) is 2.62. The summed E-state index contributed by atoms with van der Waals surface area (Å²) < 4.78 is 37.0. The first-order chi connectivity index (χ1) is 12.9. The van der Waals surface area contributed by atoms with E-state index in [9.17, 15) is 18.4 Å². The summed E-state index contributed by atoms with van der Waals surface area (Å²) in [7, 11) is 0. The van der Waals surface area contributed by atoms with Crippen LogP contribution < -0.4 is 10.1 Å². The predicted octanol–water partition coefficient (Wildman–Crippen LogP) is 4.03. The first-order valence-electron chi connectivity index (χ1n) is 8.20. The van der Waals surface area contributed by atoms with Crippen molar-refractivity contribution in [3.63, 3.8) is 0 Å². The maximum absolute atomic E-state index is 13.5. The Morgan fingerprint density at radius 3 is 2.52 bits per heavy atom. The number of anilines is 1. The molecule has 0 unspecified atom stereocenters. The van der Waals surface area contributed by atoms with Gasteiger partial charge in [0.15, 0.2) is 6.10 Å². The van der Waals surface area contributed by atoms with E-state index < -0.39 is 29.6 Å². The van der Waals surface area contributed by atoms with Crippen LogP contribution in [0.3, 0.4) is 0 Å². The molecule has 0 saturated carbocycles. The van der Waals surface area contributed by atoms with Crippen LogP contribution in [0, 0.1) is 11.6 Å². The molecule has 2 aromatic rings. The van der Waals surface area contributed by atoms with E-state index in [0.29, 0.717) is 18.0 Å². The third-order valence-corrected chi connectivity index (χ3v) is 4.35. The Bertz CT molecular complexity index is 799. The number of thioether (sulfide) groups is 1. The number of rotatable bonds is 8. The molecule has 0 aliphatic rings. The van der Waals surface area contributed by atoms with Crippen LogP contribution in [-0.4, -0.2) is 30.3 Å². The second-order valence-corrected chi connectivity index (χ2v) is 6.46. The molecular weight excluding hydrogens is 376 g/mol. The number of halogens is 2. The standard InChI is InChI=1S/C19H19F2NO4S/c1-3-25-15-7-5-14(6-8-15)22-19(24)12(2)26-18(23)11-27-17-10-13(20)4-9-16(17)21/h4-10,12H,3,11H2,1-2H3,(H,22,24)/t12-/m1/s1. The second kappa shape index (κ2) is 9.91. The van der Waals surface area contributed by atoms with Crippen LogP contribution in [0.5, 0.6) is 5.75 Å². The number of esters is 1. The van der Waals surface area contributed by atoms with E-state index in [4.69, 9.17) is 9.47 Å². The summed E-state index contributed by atoms with van der Waals surface area (Å²) in [6.45, 7) is 3.83. The molecule has 0 spiro atoms. The van der Waals surface area contributed by atoms with E-state index in [1.807, 2.05) is 6.92 Å². The molecule has 0 heterocycles. The molecule has 1 N–H and O–H groups in total. The van der Waals surface area contributed by atoms with Crippen molar-refractivity contribution < 1.29 is 27.8 Å². The highest BCUT2D eigenvalue weighted by Crippen LogP contribution is 2.23. The molecule has 2 rings (SSSR count). The fourth-order valence-corrected chi connectivity index (χ4v) is 2.80. The number of amides is 1. The van der Waals surface area contributed by atoms with Crippen molar-refractivity contribution in [3.05, 3.63) is 54.1 Å². The van der Waals surface area contributed by atoms with Gasteiger partial charge in [-0.1, -0.05) is 0 Å². The lowest BCUT2D eigenvalue weighted by Crippen LogP contribution is -2.30. The van der Waals surface area contributed by atoms with Gasteiger partial charge in [-0.05, 0) is 56.3 Å². The van der Waals surface area contributed by atoms with Gasteiger partial charge in [0.25, 0.3) is 5.91 Å². The minimum absolute atomic E-state index is 0.00144. The number of carbonyl (C=O) groups is 2. The lowest BCUT2D eigenvalue weighted by Gasteiger charge is -2.14. The molecule has 0 radical (unpaired) electrons. The average molecular weight is 395 g/mol. The number of hydrogen-bond acceptors (Lipinski definition) is 5. The van der Waals surface area contributed by atoms with Crippen LogP contribution in [0.25, 0.3) is 0 Å². The highest BCUT2D eigenvalue weighted by atomic mass is 32.2. The van der Waals surface area contributed by atoms with Crippen LogP contribution in [-0.2, 0) is 14.3 Å². The molecule has 0 saturated heterocycles. The zero-order valence-electron chi connectivity index (χ0n) is 14.8. The van der Waals surface area contributed by atoms with Gasteiger partial charge in [0.05, 0.1) is 12.4 Å². The molecule has 0 aliphatic carbocycles. The van der Waals surface area contributed by atoms with Crippen molar-refractivity contribution in [2.24, 2.45) is 0 Å². The molecule has 8 heteroatoms. The summed E-state index contributed by atoms with van der Waals surface area (Å²) in [4.78, 5) is 23.9. The van der Waals surface area contributed by atoms with Crippen molar-refractivity contribution in [1.82, 2.24) is 0 Å². The van der Waals surface area contributed by atoms with Gasteiger partial charge >= 0.3 is 5.97 Å². The Labute approximate surface area is 160 Å². The third kappa shape index (κ3) is 6.56. The smallest absolute Gasteiger partial charge is 0.317 e. The Morgan fingerprint density at radius 1 is 1.15 bits per heavy atom. The lowest BCUT2D eigenvalue weighted by atomic mass is 10.3. The molecule has 0 aromatic heterocycles. The molecule has 0 fully saturated rings. The number of nitrogens with one attached hydrogen (secondary N) is 1. The Kier molecular flexibility index (Phi) is 7.60. The molecular formula is C19H19F2NO4S. The molecule has 0 aliphatic heterocycles. The number of carbonyl (C=O) groups excluding carboxylic acids is 2. The number of ether oxygens (including phenoxy) is 2. The second-order valence-electron chi connectivity index (χ2n) is 5.44. The minimum atomic E-state index is -1.04. The van der Waals surface area contributed by atoms with Crippen LogP contribution in [0.4, 0.5) is 14.5 Å². The van der Waals surface area contributed by atoms with E-state index in [0.717, 1.165) is 30.0 Å². The van der Waals surface area contributed by atoms with Crippen molar-refractivity contribution >= 4 is 29.3 Å². The normalized spacial score (nSPS) is 11.6. The number of benzene rings is 2. The molecule has 1 atom stereocenters. The van der Waals surface area contributed by atoms with E-state index in [1.165, 1.54) is 6.92 Å². The van der Waals surface area contributed by atoms with Crippen LogP contribution >= 0.6 is 11.8 Å². The van der Waals surface area contributed by atoms with E-state index in [-0.39, 0.29) is 10.6 Å². The maximum atomic E-state index is 13.5. The largest absolute Gasteiger partial charge is 0.494 e. The highest BCUT2D eigenvalue weighted by molar-refractivity contribution is 8.00. The molecule has 27 heavy (non-hydrogen) atoms. The number of hydrogen-bond donors (Lipinski definition) is 1. The minimum Gasteiger partial charge on any atom is -0.494 e. The molecule has 0 bridgehead atoms. The van der Waals surface area contributed by atoms with Gasteiger partial charge in [-0.2, -0.15) is 0 Å². The fraction of sp³-hybridized carbons (Fsp3) is 0.263. The summed E-state index contributed by atoms with van der Waals surface area (Å²) in [6, 6.07) is 9.72. The Balaban J connectivity index is 1.82. The van der Waals surface area contributed by atoms with Crippen LogP contribution in [0.15, 0.2) is 47.4 Å². The predicted molar refractivity (Wildman–Crippen MR) is 98.9 cm³/mol. The summed E-state index contributed by atoms with van der Waals surface area (Å²) in [6.07, 6.45) is -1.04. The van der Waals surface area contributed by atoms with Gasteiger partial charge in [-0.15, -0.1) is 11.8 Å². The van der Waals surface area contributed by atoms with Gasteiger partial charge in [-0.25, -0.2) is 8.78 Å². The van der Waals surface area contributed by atoms with Crippen molar-refractivity contribution in [2.75, 3.05) is 17.7 Å². The van der Waals surface area contributed by atoms with E-state index in [1.54, 1.807) is 24.3 Å². The summed E-state index contributed by atoms with van der Waals surface area (Å²) >= 11 is 0.798. The molecule has 2 aromatic carbocycles. The van der Waals surface area contributed by atoms with Crippen molar-refractivity contribution in [1.29, 1.82) is 0 Å². The summed E-state index contributed by atoms with van der Waals surface area (Å²) in [5.41, 5.74) is 0.530. The van der Waals surface area contributed by atoms with Crippen molar-refractivity contribution in [2.45, 2.75) is 24.8 Å². The molecule has 1 amide bonds. The van der Waals surface area contributed by atoms with Gasteiger partial charge in [0.2, 0.25) is 0 Å². The van der Waals surface area contributed by atoms with Gasteiger partial charge in [0.1, 0.15) is 17.4 Å². The zero-order valence-corrected chi connectivity index (χ0v) is 15.6. The van der Waals surface area contributed by atoms with Gasteiger partial charge in [0, 0.05) is 10.6 Å². The highest BCUT2D eigenvalue weighted by Gasteiger charge is 2.18. The zero-order chi connectivity index (χ0) is 19.8. The Morgan fingerprint density at radius 2 is 1.85 bits per heavy atom. The summed E-state index contributed by atoms with van der Waals surface area (Å²) in [5.74, 6) is -2.02. The van der Waals surface area contributed by atoms with Gasteiger partial charge in [-0.3, -0.25) is 9.59 Å². The monoisotopic (exact) mass is 395 g/mol. The third-order valence-electron chi connectivity index (χ3n) is 3.35. The van der Waals surface area contributed by atoms with Crippen LogP contribution in [0.2, 0.25) is 0 Å². The van der Waals surface area contributed by atoms with Crippen LogP contribution in [0.1, 0.15) is 13.8 Å². The molecule has 5 nitrogen and oxygen atoms in total. The fourth-order valence-electron chi connectivity index (χ4n) is 2.05. The quantitative estimate of drug-likeness (QED) is 0.540. The topological polar surface area (TPSA) is 64.6 Å². The first kappa shape index (κ1) is 20.7. The van der Waals surface area contributed by atoms with E-state index >= 15 is 0 Å². The van der Waals surface area contributed by atoms with Gasteiger partial charge < -0.3 is 14.8 Å². The SMILES string of the molecule is CCOc1ccc(NC(=O)[C@@H](C)OC(=O)CSc2cc(F)ccc2F)cc1. The van der Waals surface area contributed by atoms with Crippen molar-refractivity contribution in [3.8, 4) is 5.75 Å². The Hall–Kier alpha value is -2.61. The molecule has 144 valence electrons. The first-order valence-corrected chi connectivity index (χ1v) is 9.18. The van der Waals surface area contributed by atoms with E-state index in [2.05, 4.69) is 5.32 Å².